The summed E-state index contributed by atoms with van der Waals surface area (Å²) in [5.74, 6) is 0.440. The van der Waals surface area contributed by atoms with Crippen LogP contribution in [0.15, 0.2) is 18.2 Å². The van der Waals surface area contributed by atoms with Crippen molar-refractivity contribution >= 4 is 21.8 Å². The van der Waals surface area contributed by atoms with Gasteiger partial charge in [-0.05, 0) is 38.3 Å². The lowest BCUT2D eigenvalue weighted by molar-refractivity contribution is 0.0930. The zero-order chi connectivity index (χ0) is 13.0. The molecule has 94 valence electrons. The van der Waals surface area contributed by atoms with Crippen molar-refractivity contribution in [1.29, 1.82) is 0 Å². The van der Waals surface area contributed by atoms with E-state index in [0.29, 0.717) is 5.92 Å². The second-order valence-electron chi connectivity index (χ2n) is 4.71. The standard InChI is InChI=1S/C14H20BrNO/c1-9-5-6-10(2)13(7-9)14(17)16-12(4)11(3)8-15/h5-7,11-12H,8H2,1-4H3,(H,16,17). The van der Waals surface area contributed by atoms with Crippen molar-refractivity contribution in [1.82, 2.24) is 5.32 Å². The van der Waals surface area contributed by atoms with E-state index in [2.05, 4.69) is 28.2 Å². The highest BCUT2D eigenvalue weighted by Crippen LogP contribution is 2.12. The molecule has 0 aromatic heterocycles. The van der Waals surface area contributed by atoms with Crippen molar-refractivity contribution in [2.24, 2.45) is 5.92 Å². The second-order valence-corrected chi connectivity index (χ2v) is 5.36. The number of alkyl halides is 1. The molecule has 0 aliphatic carbocycles. The van der Waals surface area contributed by atoms with E-state index in [1.807, 2.05) is 39.0 Å². The molecule has 2 nitrogen and oxygen atoms in total. The Morgan fingerprint density at radius 2 is 2.00 bits per heavy atom. The zero-order valence-electron chi connectivity index (χ0n) is 10.9. The zero-order valence-corrected chi connectivity index (χ0v) is 12.5. The Kier molecular flexibility index (Phi) is 5.19. The van der Waals surface area contributed by atoms with Gasteiger partial charge in [0.25, 0.3) is 5.91 Å². The molecule has 1 aromatic carbocycles. The van der Waals surface area contributed by atoms with Crippen LogP contribution in [0.2, 0.25) is 0 Å². The third-order valence-corrected chi connectivity index (χ3v) is 4.11. The maximum Gasteiger partial charge on any atom is 0.251 e. The molecule has 0 heterocycles. The Labute approximate surface area is 112 Å². The summed E-state index contributed by atoms with van der Waals surface area (Å²) < 4.78 is 0. The molecule has 0 fully saturated rings. The van der Waals surface area contributed by atoms with Crippen LogP contribution in [0, 0.1) is 19.8 Å². The topological polar surface area (TPSA) is 29.1 Å². The fourth-order valence-electron chi connectivity index (χ4n) is 1.54. The number of halogens is 1. The molecule has 0 aliphatic heterocycles. The maximum absolute atomic E-state index is 12.1. The Balaban J connectivity index is 2.79. The van der Waals surface area contributed by atoms with E-state index < -0.39 is 0 Å². The fourth-order valence-corrected chi connectivity index (χ4v) is 2.10. The van der Waals surface area contributed by atoms with Crippen molar-refractivity contribution in [2.45, 2.75) is 33.7 Å². The number of amides is 1. The summed E-state index contributed by atoms with van der Waals surface area (Å²) in [4.78, 5) is 12.1. The van der Waals surface area contributed by atoms with Crippen molar-refractivity contribution < 1.29 is 4.79 Å². The van der Waals surface area contributed by atoms with Crippen molar-refractivity contribution in [3.63, 3.8) is 0 Å². The molecule has 2 unspecified atom stereocenters. The fraction of sp³-hybridized carbons (Fsp3) is 0.500. The summed E-state index contributed by atoms with van der Waals surface area (Å²) >= 11 is 3.44. The minimum absolute atomic E-state index is 0.0199. The van der Waals surface area contributed by atoms with Gasteiger partial charge in [-0.25, -0.2) is 0 Å². The van der Waals surface area contributed by atoms with Crippen molar-refractivity contribution in [2.75, 3.05) is 5.33 Å². The second kappa shape index (κ2) is 6.20. The highest BCUT2D eigenvalue weighted by atomic mass is 79.9. The van der Waals surface area contributed by atoms with Crippen LogP contribution >= 0.6 is 15.9 Å². The summed E-state index contributed by atoms with van der Waals surface area (Å²) in [5, 5.41) is 3.94. The summed E-state index contributed by atoms with van der Waals surface area (Å²) in [5.41, 5.74) is 2.91. The number of carbonyl (C=O) groups is 1. The molecule has 1 aromatic rings. The largest absolute Gasteiger partial charge is 0.349 e. The molecule has 0 bridgehead atoms. The molecule has 1 amide bonds. The van der Waals surface area contributed by atoms with Crippen LogP contribution < -0.4 is 5.32 Å². The van der Waals surface area contributed by atoms with Crippen molar-refractivity contribution in [3.8, 4) is 0 Å². The summed E-state index contributed by atoms with van der Waals surface area (Å²) in [6.45, 7) is 8.12. The Morgan fingerprint density at radius 3 is 2.59 bits per heavy atom. The predicted molar refractivity (Wildman–Crippen MR) is 75.8 cm³/mol. The van der Waals surface area contributed by atoms with Crippen LogP contribution in [0.25, 0.3) is 0 Å². The lowest BCUT2D eigenvalue weighted by Gasteiger charge is -2.20. The van der Waals surface area contributed by atoms with Gasteiger partial charge in [-0.2, -0.15) is 0 Å². The first-order valence-electron chi connectivity index (χ1n) is 5.89. The molecule has 0 saturated carbocycles. The maximum atomic E-state index is 12.1. The number of hydrogen-bond acceptors (Lipinski definition) is 1. The third-order valence-electron chi connectivity index (χ3n) is 3.09. The predicted octanol–water partition coefficient (Wildman–Crippen LogP) is 3.45. The number of benzene rings is 1. The summed E-state index contributed by atoms with van der Waals surface area (Å²) in [6, 6.07) is 6.12. The molecular weight excluding hydrogens is 278 g/mol. The van der Waals surface area contributed by atoms with E-state index in [4.69, 9.17) is 0 Å². The molecule has 17 heavy (non-hydrogen) atoms. The molecular formula is C14H20BrNO. The van der Waals surface area contributed by atoms with Crippen LogP contribution in [-0.4, -0.2) is 17.3 Å². The molecule has 1 N–H and O–H groups in total. The van der Waals surface area contributed by atoms with E-state index in [0.717, 1.165) is 22.0 Å². The van der Waals surface area contributed by atoms with Gasteiger partial charge in [0.2, 0.25) is 0 Å². The van der Waals surface area contributed by atoms with Crippen LogP contribution in [-0.2, 0) is 0 Å². The van der Waals surface area contributed by atoms with Crippen LogP contribution in [0.1, 0.15) is 35.3 Å². The van der Waals surface area contributed by atoms with E-state index in [9.17, 15) is 4.79 Å². The highest BCUT2D eigenvalue weighted by molar-refractivity contribution is 9.09. The van der Waals surface area contributed by atoms with Gasteiger partial charge < -0.3 is 5.32 Å². The van der Waals surface area contributed by atoms with Gasteiger partial charge in [0.1, 0.15) is 0 Å². The first kappa shape index (κ1) is 14.2. The molecule has 1 rings (SSSR count). The summed E-state index contributed by atoms with van der Waals surface area (Å²) in [7, 11) is 0. The first-order chi connectivity index (χ1) is 7.95. The minimum atomic E-state index is 0.0199. The Hall–Kier alpha value is -0.830. The molecule has 0 spiro atoms. The van der Waals surface area contributed by atoms with Gasteiger partial charge in [-0.15, -0.1) is 0 Å². The molecule has 3 heteroatoms. The van der Waals surface area contributed by atoms with E-state index in [-0.39, 0.29) is 11.9 Å². The van der Waals surface area contributed by atoms with E-state index in [1.165, 1.54) is 0 Å². The number of aryl methyl sites for hydroxylation is 2. The van der Waals surface area contributed by atoms with Crippen LogP contribution in [0.5, 0.6) is 0 Å². The number of hydrogen-bond donors (Lipinski definition) is 1. The first-order valence-corrected chi connectivity index (χ1v) is 7.02. The Morgan fingerprint density at radius 1 is 1.35 bits per heavy atom. The monoisotopic (exact) mass is 297 g/mol. The van der Waals surface area contributed by atoms with Gasteiger partial charge in [-0.3, -0.25) is 4.79 Å². The minimum Gasteiger partial charge on any atom is -0.349 e. The van der Waals surface area contributed by atoms with Gasteiger partial charge in [-0.1, -0.05) is 40.5 Å². The SMILES string of the molecule is Cc1ccc(C)c(C(=O)NC(C)C(C)CBr)c1. The highest BCUT2D eigenvalue weighted by Gasteiger charge is 2.16. The number of rotatable bonds is 4. The number of carbonyl (C=O) groups excluding carboxylic acids is 1. The lowest BCUT2D eigenvalue weighted by Crippen LogP contribution is -2.38. The third kappa shape index (κ3) is 3.84. The average molecular weight is 298 g/mol. The Bertz CT molecular complexity index is 403. The molecule has 2 atom stereocenters. The number of nitrogens with one attached hydrogen (secondary N) is 1. The average Bonchev–Trinajstić information content (AvgIpc) is 2.30. The molecule has 0 saturated heterocycles. The molecule has 0 radical (unpaired) electrons. The van der Waals surface area contributed by atoms with Gasteiger partial charge >= 0.3 is 0 Å². The van der Waals surface area contributed by atoms with Crippen molar-refractivity contribution in [3.05, 3.63) is 34.9 Å². The van der Waals surface area contributed by atoms with Gasteiger partial charge in [0, 0.05) is 16.9 Å². The smallest absolute Gasteiger partial charge is 0.251 e. The van der Waals surface area contributed by atoms with Crippen LogP contribution in [0.3, 0.4) is 0 Å². The lowest BCUT2D eigenvalue weighted by atomic mass is 10.0. The summed E-state index contributed by atoms with van der Waals surface area (Å²) in [6.07, 6.45) is 0. The van der Waals surface area contributed by atoms with Crippen LogP contribution in [0.4, 0.5) is 0 Å². The quantitative estimate of drug-likeness (QED) is 0.848. The van der Waals surface area contributed by atoms with E-state index in [1.54, 1.807) is 0 Å². The van der Waals surface area contributed by atoms with E-state index >= 15 is 0 Å². The normalized spacial score (nSPS) is 14.2. The van der Waals surface area contributed by atoms with Gasteiger partial charge in [0.15, 0.2) is 0 Å². The van der Waals surface area contributed by atoms with Gasteiger partial charge in [0.05, 0.1) is 0 Å². The molecule has 0 aliphatic rings.